The first kappa shape index (κ1) is 25.8. The first-order valence-corrected chi connectivity index (χ1v) is 14.7. The summed E-state index contributed by atoms with van der Waals surface area (Å²) in [6.45, 7) is 5.35. The molecule has 210 valence electrons. The number of carbonyl (C=O) groups is 2. The summed E-state index contributed by atoms with van der Waals surface area (Å²) in [6.07, 6.45) is 8.35. The molecule has 2 heterocycles. The second-order valence-corrected chi connectivity index (χ2v) is 12.7. The van der Waals surface area contributed by atoms with E-state index in [1.165, 1.54) is 19.8 Å². The Kier molecular flexibility index (Phi) is 5.92. The Labute approximate surface area is 235 Å². The fraction of sp³-hybridized carbons (Fsp3) is 0.515. The van der Waals surface area contributed by atoms with Gasteiger partial charge in [0.2, 0.25) is 5.91 Å². The quantitative estimate of drug-likeness (QED) is 0.338. The number of ether oxygens (including phenoxy) is 2. The summed E-state index contributed by atoms with van der Waals surface area (Å²) in [5.41, 5.74) is 2.66. The van der Waals surface area contributed by atoms with Gasteiger partial charge in [-0.15, -0.1) is 0 Å². The van der Waals surface area contributed by atoms with Crippen LogP contribution in [-0.2, 0) is 21.4 Å². The minimum absolute atomic E-state index is 0.00847. The lowest BCUT2D eigenvalue weighted by Gasteiger charge is -2.64. The first-order valence-electron chi connectivity index (χ1n) is 14.7. The molecule has 3 aliphatic carbocycles. The van der Waals surface area contributed by atoms with E-state index in [-0.39, 0.29) is 18.0 Å². The van der Waals surface area contributed by atoms with E-state index >= 15 is 0 Å². The third-order valence-corrected chi connectivity index (χ3v) is 10.3. The molecule has 1 spiro atoms. The van der Waals surface area contributed by atoms with Crippen LogP contribution in [0, 0.1) is 12.8 Å². The van der Waals surface area contributed by atoms with Crippen molar-refractivity contribution >= 4 is 18.0 Å². The van der Waals surface area contributed by atoms with Gasteiger partial charge < -0.3 is 19.5 Å². The topological polar surface area (TPSA) is 79.3 Å². The van der Waals surface area contributed by atoms with Gasteiger partial charge in [0.25, 0.3) is 0 Å². The molecule has 1 amide bonds. The minimum atomic E-state index is -0.976. The van der Waals surface area contributed by atoms with Crippen molar-refractivity contribution in [1.82, 2.24) is 9.80 Å². The van der Waals surface area contributed by atoms with Gasteiger partial charge >= 0.3 is 5.97 Å². The molecule has 7 nitrogen and oxygen atoms in total. The van der Waals surface area contributed by atoms with Gasteiger partial charge in [-0.3, -0.25) is 14.5 Å². The van der Waals surface area contributed by atoms with E-state index in [0.29, 0.717) is 24.3 Å². The summed E-state index contributed by atoms with van der Waals surface area (Å²) < 4.78 is 12.4. The maximum absolute atomic E-state index is 13.5. The lowest BCUT2D eigenvalue weighted by atomic mass is 9.48. The lowest BCUT2D eigenvalue weighted by molar-refractivity contribution is -0.200. The van der Waals surface area contributed by atoms with E-state index in [1.54, 1.807) is 11.0 Å². The Balaban J connectivity index is 1.27. The fourth-order valence-electron chi connectivity index (χ4n) is 8.30. The zero-order chi connectivity index (χ0) is 27.8. The Morgan fingerprint density at radius 3 is 2.77 bits per heavy atom. The number of piperidine rings is 1. The standard InChI is InChI=1S/C33H38N2O5/c1-20-5-4-6-22(17-20)9-12-28(37)34(3)25-13-14-33(38)27-18-24-10-11-26(39-21(2)36)30-29(24)32(33,31(25)40-30)15-16-35(27)19-23-7-8-23/h4-6,9-12,17,23,25,27,31,38H,7-8,13-16,18-19H2,1-3H3/t25-,27+,31-,32-,33+/m0/s1. The molecular formula is C33H38N2O5. The predicted molar refractivity (Wildman–Crippen MR) is 151 cm³/mol. The summed E-state index contributed by atoms with van der Waals surface area (Å²) in [5, 5.41) is 12.8. The third-order valence-electron chi connectivity index (χ3n) is 10.3. The number of carbonyl (C=O) groups excluding carboxylic acids is 2. The number of nitrogens with zero attached hydrogens (tertiary/aromatic N) is 2. The monoisotopic (exact) mass is 542 g/mol. The lowest BCUT2D eigenvalue weighted by Crippen LogP contribution is -2.78. The molecule has 0 aromatic heterocycles. The molecule has 1 N–H and O–H groups in total. The Morgan fingerprint density at radius 2 is 2.02 bits per heavy atom. The molecule has 2 aromatic carbocycles. The van der Waals surface area contributed by atoms with Gasteiger partial charge in [0.1, 0.15) is 6.10 Å². The van der Waals surface area contributed by atoms with Gasteiger partial charge in [-0.1, -0.05) is 35.9 Å². The number of benzene rings is 2. The molecule has 2 saturated carbocycles. The number of esters is 1. The highest BCUT2D eigenvalue weighted by molar-refractivity contribution is 5.92. The van der Waals surface area contributed by atoms with Gasteiger partial charge in [-0.25, -0.2) is 0 Å². The molecule has 5 aliphatic rings. The molecule has 1 saturated heterocycles. The summed E-state index contributed by atoms with van der Waals surface area (Å²) in [4.78, 5) is 29.8. The van der Waals surface area contributed by atoms with Gasteiger partial charge in [-0.05, 0) is 81.2 Å². The highest BCUT2D eigenvalue weighted by Gasteiger charge is 2.73. The van der Waals surface area contributed by atoms with Crippen LogP contribution >= 0.6 is 0 Å². The maximum Gasteiger partial charge on any atom is 0.308 e. The van der Waals surface area contributed by atoms with Gasteiger partial charge in [0.05, 0.1) is 17.1 Å². The van der Waals surface area contributed by atoms with Crippen LogP contribution in [0.15, 0.2) is 42.5 Å². The average Bonchev–Trinajstić information content (AvgIpc) is 3.66. The third kappa shape index (κ3) is 3.77. The number of hydrogen-bond acceptors (Lipinski definition) is 6. The Morgan fingerprint density at radius 1 is 1.20 bits per heavy atom. The second kappa shape index (κ2) is 9.18. The van der Waals surface area contributed by atoms with Gasteiger partial charge in [0, 0.05) is 38.2 Å². The Hall–Kier alpha value is -3.16. The number of rotatable bonds is 6. The van der Waals surface area contributed by atoms with Crippen LogP contribution in [0.1, 0.15) is 61.3 Å². The van der Waals surface area contributed by atoms with Crippen LogP contribution in [0.25, 0.3) is 6.08 Å². The number of likely N-dealkylation sites (tertiary alicyclic amines) is 1. The number of amides is 1. The van der Waals surface area contributed by atoms with Crippen molar-refractivity contribution in [3.8, 4) is 11.5 Å². The van der Waals surface area contributed by atoms with Crippen molar-refractivity contribution in [1.29, 1.82) is 0 Å². The zero-order valence-corrected chi connectivity index (χ0v) is 23.6. The molecule has 0 unspecified atom stereocenters. The maximum atomic E-state index is 13.5. The SMILES string of the molecule is CC(=O)Oc1ccc2c3c1O[C@H]1[C@@H](N(C)C(=O)C=Cc4cccc(C)c4)CC[C@@]4(O)[C@@H](C2)N(CC2CC2)CC[C@]314. The molecule has 2 aliphatic heterocycles. The molecule has 7 rings (SSSR count). The highest BCUT2D eigenvalue weighted by Crippen LogP contribution is 2.66. The summed E-state index contributed by atoms with van der Waals surface area (Å²) in [7, 11) is 1.84. The number of aliphatic hydroxyl groups is 1. The van der Waals surface area contributed by atoms with E-state index in [2.05, 4.69) is 17.0 Å². The molecule has 40 heavy (non-hydrogen) atoms. The van der Waals surface area contributed by atoms with E-state index < -0.39 is 23.1 Å². The van der Waals surface area contributed by atoms with Crippen LogP contribution in [0.3, 0.4) is 0 Å². The molecular weight excluding hydrogens is 504 g/mol. The van der Waals surface area contributed by atoms with Crippen LogP contribution in [0.4, 0.5) is 0 Å². The molecule has 0 radical (unpaired) electrons. The number of likely N-dealkylation sites (N-methyl/N-ethyl adjacent to an activating group) is 1. The van der Waals surface area contributed by atoms with Crippen LogP contribution in [-0.4, -0.2) is 70.7 Å². The van der Waals surface area contributed by atoms with E-state index in [4.69, 9.17) is 9.47 Å². The van der Waals surface area contributed by atoms with Crippen molar-refractivity contribution in [3.63, 3.8) is 0 Å². The number of aryl methyl sites for hydroxylation is 1. The fourth-order valence-corrected chi connectivity index (χ4v) is 8.30. The van der Waals surface area contributed by atoms with Crippen molar-refractivity contribution in [2.75, 3.05) is 20.1 Å². The van der Waals surface area contributed by atoms with Crippen molar-refractivity contribution < 1.29 is 24.2 Å². The smallest absolute Gasteiger partial charge is 0.308 e. The summed E-state index contributed by atoms with van der Waals surface area (Å²) >= 11 is 0. The van der Waals surface area contributed by atoms with Crippen molar-refractivity contribution in [3.05, 3.63) is 64.7 Å². The average molecular weight is 543 g/mol. The van der Waals surface area contributed by atoms with E-state index in [0.717, 1.165) is 54.1 Å². The van der Waals surface area contributed by atoms with E-state index in [9.17, 15) is 14.7 Å². The molecule has 5 atom stereocenters. The van der Waals surface area contributed by atoms with E-state index in [1.807, 2.05) is 44.3 Å². The van der Waals surface area contributed by atoms with Crippen LogP contribution in [0.2, 0.25) is 0 Å². The number of hydrogen-bond donors (Lipinski definition) is 1. The molecule has 7 heteroatoms. The normalized spacial score (nSPS) is 31.9. The molecule has 2 bridgehead atoms. The van der Waals surface area contributed by atoms with Crippen LogP contribution in [0.5, 0.6) is 11.5 Å². The van der Waals surface area contributed by atoms with Gasteiger partial charge in [-0.2, -0.15) is 0 Å². The first-order chi connectivity index (χ1) is 19.2. The summed E-state index contributed by atoms with van der Waals surface area (Å²) in [6, 6.07) is 11.7. The largest absolute Gasteiger partial charge is 0.483 e. The second-order valence-electron chi connectivity index (χ2n) is 12.7. The van der Waals surface area contributed by atoms with Crippen LogP contribution < -0.4 is 9.47 Å². The highest BCUT2D eigenvalue weighted by atomic mass is 16.6. The zero-order valence-electron chi connectivity index (χ0n) is 23.6. The molecule has 3 fully saturated rings. The Bertz CT molecular complexity index is 1420. The predicted octanol–water partition coefficient (Wildman–Crippen LogP) is 4.02. The summed E-state index contributed by atoms with van der Waals surface area (Å²) in [5.74, 6) is 1.22. The van der Waals surface area contributed by atoms with Crippen molar-refractivity contribution in [2.45, 2.75) is 81.6 Å². The minimum Gasteiger partial charge on any atom is -0.483 e. The molecule has 2 aromatic rings. The van der Waals surface area contributed by atoms with Crippen molar-refractivity contribution in [2.24, 2.45) is 5.92 Å². The van der Waals surface area contributed by atoms with Gasteiger partial charge in [0.15, 0.2) is 11.5 Å².